The number of carbonyl (C=O) groups excluding carboxylic acids is 1. The van der Waals surface area contributed by atoms with Crippen LogP contribution in [0.4, 0.5) is 0 Å². The van der Waals surface area contributed by atoms with E-state index in [9.17, 15) is 9.59 Å². The molecule has 0 bridgehead atoms. The molecular formula is C11H21NO4. The van der Waals surface area contributed by atoms with Crippen molar-refractivity contribution >= 4 is 11.9 Å². The predicted molar refractivity (Wildman–Crippen MR) is 60.1 cm³/mol. The first-order valence-corrected chi connectivity index (χ1v) is 5.50. The molecule has 0 aromatic carbocycles. The molecule has 1 atom stereocenters. The Bertz CT molecular complexity index is 240. The zero-order chi connectivity index (χ0) is 12.7. The molecule has 0 aliphatic carbocycles. The quantitative estimate of drug-likeness (QED) is 0.709. The van der Waals surface area contributed by atoms with E-state index in [0.29, 0.717) is 13.2 Å². The van der Waals surface area contributed by atoms with Crippen molar-refractivity contribution < 1.29 is 19.4 Å². The first kappa shape index (κ1) is 14.9. The lowest BCUT2D eigenvalue weighted by Gasteiger charge is -2.25. The molecule has 0 aliphatic heterocycles. The molecule has 94 valence electrons. The van der Waals surface area contributed by atoms with Gasteiger partial charge in [-0.05, 0) is 19.8 Å². The van der Waals surface area contributed by atoms with Gasteiger partial charge in [0.1, 0.15) is 12.6 Å². The fourth-order valence-electron chi connectivity index (χ4n) is 1.41. The summed E-state index contributed by atoms with van der Waals surface area (Å²) in [6, 6.07) is 0. The first-order chi connectivity index (χ1) is 7.38. The third kappa shape index (κ3) is 5.70. The van der Waals surface area contributed by atoms with E-state index in [2.05, 4.69) is 0 Å². The van der Waals surface area contributed by atoms with Gasteiger partial charge >= 0.3 is 5.97 Å². The second-order valence-electron chi connectivity index (χ2n) is 4.10. The van der Waals surface area contributed by atoms with Gasteiger partial charge in [0.15, 0.2) is 0 Å². The van der Waals surface area contributed by atoms with Gasteiger partial charge in [0.2, 0.25) is 0 Å². The number of carboxylic acid groups (broad SMARTS) is 1. The van der Waals surface area contributed by atoms with Crippen molar-refractivity contribution in [3.63, 3.8) is 0 Å². The minimum atomic E-state index is -1.00. The molecule has 1 N–H and O–H groups in total. The number of amides is 1. The van der Waals surface area contributed by atoms with Gasteiger partial charge in [-0.1, -0.05) is 13.8 Å². The van der Waals surface area contributed by atoms with E-state index in [1.807, 2.05) is 13.8 Å². The van der Waals surface area contributed by atoms with Crippen LogP contribution in [0.15, 0.2) is 0 Å². The molecule has 0 aromatic heterocycles. The number of carboxylic acids is 1. The van der Waals surface area contributed by atoms with E-state index in [1.165, 1.54) is 4.90 Å². The van der Waals surface area contributed by atoms with Gasteiger partial charge in [-0.15, -0.1) is 0 Å². The minimum Gasteiger partial charge on any atom is -0.480 e. The number of rotatable bonds is 7. The van der Waals surface area contributed by atoms with Crippen molar-refractivity contribution in [3.05, 3.63) is 0 Å². The zero-order valence-electron chi connectivity index (χ0n) is 10.4. The smallest absolute Gasteiger partial charge is 0.323 e. The summed E-state index contributed by atoms with van der Waals surface area (Å²) in [6.07, 6.45) is -0.580. The number of ether oxygens (including phenoxy) is 1. The van der Waals surface area contributed by atoms with Crippen LogP contribution in [-0.4, -0.2) is 47.7 Å². The van der Waals surface area contributed by atoms with Crippen LogP contribution in [0.2, 0.25) is 0 Å². The first-order valence-electron chi connectivity index (χ1n) is 5.50. The molecule has 0 saturated carbocycles. The molecule has 0 saturated heterocycles. The molecule has 16 heavy (non-hydrogen) atoms. The Labute approximate surface area is 96.4 Å². The van der Waals surface area contributed by atoms with Gasteiger partial charge in [-0.2, -0.15) is 0 Å². The Hall–Kier alpha value is -1.10. The molecule has 0 fully saturated rings. The lowest BCUT2D eigenvalue weighted by atomic mass is 10.2. The summed E-state index contributed by atoms with van der Waals surface area (Å²) in [5.74, 6) is -1.03. The van der Waals surface area contributed by atoms with E-state index < -0.39 is 12.1 Å². The van der Waals surface area contributed by atoms with Crippen molar-refractivity contribution in [3.8, 4) is 0 Å². The van der Waals surface area contributed by atoms with Gasteiger partial charge in [-0.25, -0.2) is 0 Å². The normalized spacial score (nSPS) is 12.6. The van der Waals surface area contributed by atoms with E-state index in [0.717, 1.165) is 0 Å². The predicted octanol–water partition coefficient (Wildman–Crippen LogP) is 0.981. The molecule has 0 heterocycles. The van der Waals surface area contributed by atoms with Crippen LogP contribution in [0.5, 0.6) is 0 Å². The van der Waals surface area contributed by atoms with Crippen molar-refractivity contribution in [2.45, 2.75) is 33.8 Å². The standard InChI is InChI=1S/C11H21NO4/c1-5-16-9(4)11(15)12(6-8(2)3)7-10(13)14/h8-9H,5-7H2,1-4H3,(H,13,14). The summed E-state index contributed by atoms with van der Waals surface area (Å²) in [5.41, 5.74) is 0. The van der Waals surface area contributed by atoms with E-state index in [4.69, 9.17) is 9.84 Å². The van der Waals surface area contributed by atoms with Gasteiger partial charge in [0.05, 0.1) is 0 Å². The number of nitrogens with zero attached hydrogens (tertiary/aromatic N) is 1. The van der Waals surface area contributed by atoms with Crippen LogP contribution >= 0.6 is 0 Å². The van der Waals surface area contributed by atoms with E-state index >= 15 is 0 Å². The number of aliphatic carboxylic acids is 1. The Balaban J connectivity index is 4.48. The number of hydrogen-bond donors (Lipinski definition) is 1. The van der Waals surface area contributed by atoms with E-state index in [1.54, 1.807) is 13.8 Å². The van der Waals surface area contributed by atoms with Crippen LogP contribution in [0.25, 0.3) is 0 Å². The number of carbonyl (C=O) groups is 2. The maximum atomic E-state index is 11.8. The zero-order valence-corrected chi connectivity index (χ0v) is 10.4. The third-order valence-electron chi connectivity index (χ3n) is 1.99. The van der Waals surface area contributed by atoms with Crippen molar-refractivity contribution in [1.82, 2.24) is 4.90 Å². The molecule has 5 nitrogen and oxygen atoms in total. The third-order valence-corrected chi connectivity index (χ3v) is 1.99. The minimum absolute atomic E-state index is 0.233. The maximum Gasteiger partial charge on any atom is 0.323 e. The topological polar surface area (TPSA) is 66.8 Å². The molecule has 1 amide bonds. The Morgan fingerprint density at radius 1 is 1.31 bits per heavy atom. The van der Waals surface area contributed by atoms with Crippen molar-refractivity contribution in [1.29, 1.82) is 0 Å². The van der Waals surface area contributed by atoms with Gasteiger partial charge in [-0.3, -0.25) is 9.59 Å². The summed E-state index contributed by atoms with van der Waals surface area (Å²) in [6.45, 7) is 7.92. The molecular weight excluding hydrogens is 210 g/mol. The Kier molecular flexibility index (Phi) is 6.72. The van der Waals surface area contributed by atoms with Gasteiger partial charge in [0, 0.05) is 13.2 Å². The lowest BCUT2D eigenvalue weighted by Crippen LogP contribution is -2.43. The van der Waals surface area contributed by atoms with Crippen LogP contribution in [0, 0.1) is 5.92 Å². The van der Waals surface area contributed by atoms with Gasteiger partial charge in [0.25, 0.3) is 5.91 Å². The summed E-state index contributed by atoms with van der Waals surface area (Å²) in [4.78, 5) is 23.8. The number of hydrogen-bond acceptors (Lipinski definition) is 3. The largest absolute Gasteiger partial charge is 0.480 e. The highest BCUT2D eigenvalue weighted by atomic mass is 16.5. The van der Waals surface area contributed by atoms with Crippen molar-refractivity contribution in [2.75, 3.05) is 19.7 Å². The lowest BCUT2D eigenvalue weighted by molar-refractivity contribution is -0.150. The maximum absolute atomic E-state index is 11.8. The Morgan fingerprint density at radius 2 is 1.88 bits per heavy atom. The van der Waals surface area contributed by atoms with Crippen molar-refractivity contribution in [2.24, 2.45) is 5.92 Å². The molecule has 0 radical (unpaired) electrons. The molecule has 0 rings (SSSR count). The molecule has 0 aliphatic rings. The molecule has 5 heteroatoms. The summed E-state index contributed by atoms with van der Waals surface area (Å²) in [7, 11) is 0. The fourth-order valence-corrected chi connectivity index (χ4v) is 1.41. The summed E-state index contributed by atoms with van der Waals surface area (Å²) >= 11 is 0. The second kappa shape index (κ2) is 7.22. The van der Waals surface area contributed by atoms with Crippen LogP contribution in [-0.2, 0) is 14.3 Å². The SMILES string of the molecule is CCOC(C)C(=O)N(CC(=O)O)CC(C)C. The molecule has 0 spiro atoms. The second-order valence-corrected chi connectivity index (χ2v) is 4.10. The van der Waals surface area contributed by atoms with Crippen LogP contribution in [0.3, 0.4) is 0 Å². The highest BCUT2D eigenvalue weighted by molar-refractivity contribution is 5.84. The molecule has 1 unspecified atom stereocenters. The highest BCUT2D eigenvalue weighted by Gasteiger charge is 2.23. The van der Waals surface area contributed by atoms with E-state index in [-0.39, 0.29) is 18.4 Å². The van der Waals surface area contributed by atoms with Crippen LogP contribution < -0.4 is 0 Å². The Morgan fingerprint density at radius 3 is 2.25 bits per heavy atom. The highest BCUT2D eigenvalue weighted by Crippen LogP contribution is 2.04. The van der Waals surface area contributed by atoms with Gasteiger partial charge < -0.3 is 14.7 Å². The monoisotopic (exact) mass is 231 g/mol. The van der Waals surface area contributed by atoms with Crippen LogP contribution in [0.1, 0.15) is 27.7 Å². The summed E-state index contributed by atoms with van der Waals surface area (Å²) in [5, 5.41) is 8.72. The summed E-state index contributed by atoms with van der Waals surface area (Å²) < 4.78 is 5.16. The average Bonchev–Trinajstić information content (AvgIpc) is 2.14. The molecule has 0 aromatic rings. The average molecular weight is 231 g/mol. The fraction of sp³-hybridized carbons (Fsp3) is 0.818.